The maximum Gasteiger partial charge on any atom is 0.171 e. The van der Waals surface area contributed by atoms with Gasteiger partial charge in [0, 0.05) is 19.0 Å². The normalized spacial score (nSPS) is 22.3. The number of ketones is 1. The van der Waals surface area contributed by atoms with E-state index in [-0.39, 0.29) is 17.2 Å². The third-order valence-electron chi connectivity index (χ3n) is 6.03. The summed E-state index contributed by atoms with van der Waals surface area (Å²) in [4.78, 5) is 24.1. The van der Waals surface area contributed by atoms with Gasteiger partial charge in [-0.2, -0.15) is 5.26 Å². The Kier molecular flexibility index (Phi) is 5.33. The van der Waals surface area contributed by atoms with Crippen molar-refractivity contribution in [2.75, 3.05) is 26.3 Å². The lowest BCUT2D eigenvalue weighted by Gasteiger charge is -2.40. The van der Waals surface area contributed by atoms with Gasteiger partial charge < -0.3 is 15.4 Å². The zero-order valence-corrected chi connectivity index (χ0v) is 17.9. The van der Waals surface area contributed by atoms with Crippen LogP contribution in [-0.2, 0) is 14.9 Å². The summed E-state index contributed by atoms with van der Waals surface area (Å²) in [6, 6.07) is 11.8. The molecule has 3 heterocycles. The molecule has 4 rings (SSSR count). The molecule has 0 saturated carbocycles. The van der Waals surface area contributed by atoms with Gasteiger partial charge in [0.15, 0.2) is 5.82 Å². The van der Waals surface area contributed by atoms with Crippen LogP contribution in [0.1, 0.15) is 25.5 Å². The third kappa shape index (κ3) is 3.20. The molecule has 0 bridgehead atoms. The highest BCUT2D eigenvalue weighted by atomic mass is 16.5. The number of benzene rings is 1. The van der Waals surface area contributed by atoms with Crippen LogP contribution in [0.15, 0.2) is 46.7 Å². The van der Waals surface area contributed by atoms with Crippen molar-refractivity contribution >= 4 is 11.6 Å². The number of carbonyl (C=O) groups excluding carboxylic acids is 1. The number of morpholine rings is 1. The predicted octanol–water partition coefficient (Wildman–Crippen LogP) is 1.48. The van der Waals surface area contributed by atoms with E-state index in [9.17, 15) is 10.1 Å². The summed E-state index contributed by atoms with van der Waals surface area (Å²) in [7, 11) is 0. The quantitative estimate of drug-likeness (QED) is 0.796. The molecular formula is C22H25N7O2. The first kappa shape index (κ1) is 20.8. The number of Topliss-reactive ketones (excluding diaryl/α,β-unsaturated/α-hetero) is 1. The monoisotopic (exact) mass is 419 g/mol. The van der Waals surface area contributed by atoms with Crippen molar-refractivity contribution in [2.24, 2.45) is 16.6 Å². The van der Waals surface area contributed by atoms with Crippen molar-refractivity contribution in [1.29, 1.82) is 5.26 Å². The van der Waals surface area contributed by atoms with E-state index in [1.165, 1.54) is 6.92 Å². The average Bonchev–Trinajstić information content (AvgIpc) is 3.32. The van der Waals surface area contributed by atoms with Crippen molar-refractivity contribution in [3.8, 4) is 11.8 Å². The van der Waals surface area contributed by atoms with Crippen molar-refractivity contribution in [3.05, 3.63) is 53.4 Å². The van der Waals surface area contributed by atoms with Crippen LogP contribution in [-0.4, -0.2) is 57.6 Å². The zero-order chi connectivity index (χ0) is 22.2. The fourth-order valence-corrected chi connectivity index (χ4v) is 4.30. The number of ether oxygens (including phenoxy) is 1. The number of carbonyl (C=O) groups is 1. The first-order valence-corrected chi connectivity index (χ1v) is 10.2. The molecule has 0 amide bonds. The Bertz CT molecular complexity index is 1110. The summed E-state index contributed by atoms with van der Waals surface area (Å²) in [6.45, 7) is 7.34. The fraction of sp³-hybridized carbons (Fsp3) is 0.409. The number of para-hydroxylation sites is 1. The van der Waals surface area contributed by atoms with Crippen LogP contribution in [0.4, 0.5) is 0 Å². The number of hydrogen-bond acceptors (Lipinski definition) is 8. The number of aryl methyl sites for hydroxylation is 1. The van der Waals surface area contributed by atoms with E-state index in [0.29, 0.717) is 43.8 Å². The maximum absolute atomic E-state index is 12.7. The van der Waals surface area contributed by atoms with Crippen LogP contribution in [0, 0.1) is 24.2 Å². The van der Waals surface area contributed by atoms with Crippen molar-refractivity contribution < 1.29 is 9.53 Å². The number of nitrogens with zero attached hydrogens (tertiary/aromatic N) is 6. The number of nitrogens with two attached hydrogens (primary N) is 1. The van der Waals surface area contributed by atoms with Gasteiger partial charge in [-0.25, -0.2) is 14.7 Å². The molecule has 2 atom stereocenters. The highest BCUT2D eigenvalue weighted by Gasteiger charge is 2.57. The smallest absolute Gasteiger partial charge is 0.171 e. The van der Waals surface area contributed by atoms with Gasteiger partial charge in [0.1, 0.15) is 34.7 Å². The minimum atomic E-state index is -1.26. The third-order valence-corrected chi connectivity index (χ3v) is 6.03. The number of aliphatic imine (C=N–C) groups is 1. The highest BCUT2D eigenvalue weighted by molar-refractivity contribution is 6.04. The van der Waals surface area contributed by atoms with Crippen LogP contribution in [0.25, 0.3) is 5.69 Å². The van der Waals surface area contributed by atoms with E-state index >= 15 is 0 Å². The fourth-order valence-electron chi connectivity index (χ4n) is 4.30. The first-order chi connectivity index (χ1) is 14.9. The van der Waals surface area contributed by atoms with Crippen LogP contribution in [0.5, 0.6) is 0 Å². The second kappa shape index (κ2) is 7.96. The van der Waals surface area contributed by atoms with E-state index in [2.05, 4.69) is 11.1 Å². The van der Waals surface area contributed by atoms with Gasteiger partial charge in [0.25, 0.3) is 0 Å². The van der Waals surface area contributed by atoms with Gasteiger partial charge in [-0.1, -0.05) is 25.1 Å². The van der Waals surface area contributed by atoms with E-state index in [1.54, 1.807) is 11.6 Å². The summed E-state index contributed by atoms with van der Waals surface area (Å²) in [5.41, 5.74) is 6.02. The maximum atomic E-state index is 12.7. The van der Waals surface area contributed by atoms with Crippen molar-refractivity contribution in [1.82, 2.24) is 19.7 Å². The second-order valence-electron chi connectivity index (χ2n) is 7.78. The Hall–Kier alpha value is -3.51. The Balaban J connectivity index is 1.96. The SMILES string of the molecule is CC(=O)C(C)C1(c2nc(C)n(-c3ccccc3)n2)C(N2CCOCC2)=NC(N)=C1C#N. The van der Waals surface area contributed by atoms with E-state index < -0.39 is 11.3 Å². The molecular weight excluding hydrogens is 394 g/mol. The molecule has 2 aromatic rings. The summed E-state index contributed by atoms with van der Waals surface area (Å²) in [5, 5.41) is 14.9. The Morgan fingerprint density at radius 2 is 1.97 bits per heavy atom. The van der Waals surface area contributed by atoms with Crippen molar-refractivity contribution in [2.45, 2.75) is 26.2 Å². The molecule has 160 valence electrons. The first-order valence-electron chi connectivity index (χ1n) is 10.2. The molecule has 9 heteroatoms. The topological polar surface area (TPSA) is 122 Å². The molecule has 31 heavy (non-hydrogen) atoms. The Morgan fingerprint density at radius 3 is 2.58 bits per heavy atom. The van der Waals surface area contributed by atoms with E-state index in [0.717, 1.165) is 5.69 Å². The van der Waals surface area contributed by atoms with Crippen molar-refractivity contribution in [3.63, 3.8) is 0 Å². The summed E-state index contributed by atoms with van der Waals surface area (Å²) >= 11 is 0. The van der Waals surface area contributed by atoms with Gasteiger partial charge >= 0.3 is 0 Å². The lowest BCUT2D eigenvalue weighted by molar-refractivity contribution is -0.121. The van der Waals surface area contributed by atoms with Crippen LogP contribution < -0.4 is 5.73 Å². The number of hydrogen-bond donors (Lipinski definition) is 1. The standard InChI is InChI=1S/C22H25N7O2/c1-14(15(2)30)22(20-25-16(3)29(27-20)17-7-5-4-6-8-17)18(13-23)19(24)26-21(22)28-9-11-31-12-10-28/h4-8,14H,9-12,24H2,1-3H3. The zero-order valence-electron chi connectivity index (χ0n) is 17.9. The van der Waals surface area contributed by atoms with Crippen LogP contribution in [0.2, 0.25) is 0 Å². The Labute approximate surface area is 180 Å². The summed E-state index contributed by atoms with van der Waals surface area (Å²) in [6.07, 6.45) is 0. The van der Waals surface area contributed by atoms with Gasteiger partial charge in [0.05, 0.1) is 24.5 Å². The molecule has 1 saturated heterocycles. The van der Waals surface area contributed by atoms with Gasteiger partial charge in [-0.3, -0.25) is 4.79 Å². The minimum Gasteiger partial charge on any atom is -0.383 e. The number of amidine groups is 1. The van der Waals surface area contributed by atoms with E-state index in [4.69, 9.17) is 20.6 Å². The minimum absolute atomic E-state index is 0.0999. The van der Waals surface area contributed by atoms with Gasteiger partial charge in [0.2, 0.25) is 0 Å². The molecule has 2 N–H and O–H groups in total. The van der Waals surface area contributed by atoms with Crippen LogP contribution in [0.3, 0.4) is 0 Å². The lowest BCUT2D eigenvalue weighted by atomic mass is 9.68. The van der Waals surface area contributed by atoms with Gasteiger partial charge in [-0.15, -0.1) is 5.10 Å². The molecule has 0 aliphatic carbocycles. The molecule has 2 aliphatic rings. The number of nitriles is 1. The molecule has 0 radical (unpaired) electrons. The number of rotatable bonds is 4. The van der Waals surface area contributed by atoms with E-state index in [1.807, 2.05) is 42.2 Å². The molecule has 0 spiro atoms. The highest BCUT2D eigenvalue weighted by Crippen LogP contribution is 2.45. The lowest BCUT2D eigenvalue weighted by Crippen LogP contribution is -2.55. The van der Waals surface area contributed by atoms with Crippen LogP contribution >= 0.6 is 0 Å². The molecule has 1 aromatic heterocycles. The Morgan fingerprint density at radius 1 is 1.29 bits per heavy atom. The molecule has 1 fully saturated rings. The summed E-state index contributed by atoms with van der Waals surface area (Å²) in [5.74, 6) is 0.885. The summed E-state index contributed by atoms with van der Waals surface area (Å²) < 4.78 is 7.21. The van der Waals surface area contributed by atoms with Gasteiger partial charge in [-0.05, 0) is 26.0 Å². The number of aromatic nitrogens is 3. The molecule has 9 nitrogen and oxygen atoms in total. The molecule has 1 aromatic carbocycles. The average molecular weight is 419 g/mol. The second-order valence-corrected chi connectivity index (χ2v) is 7.78. The largest absolute Gasteiger partial charge is 0.383 e. The molecule has 2 unspecified atom stereocenters. The predicted molar refractivity (Wildman–Crippen MR) is 114 cm³/mol. The molecule has 2 aliphatic heterocycles.